The second-order valence-electron chi connectivity index (χ2n) is 4.28. The van der Waals surface area contributed by atoms with Gasteiger partial charge in [0.2, 0.25) is 0 Å². The summed E-state index contributed by atoms with van der Waals surface area (Å²) in [6, 6.07) is 4.05. The predicted molar refractivity (Wildman–Crippen MR) is 60.8 cm³/mol. The van der Waals surface area contributed by atoms with Crippen LogP contribution in [0.5, 0.6) is 0 Å². The fraction of sp³-hybridized carbons (Fsp3) is 0.417. The van der Waals surface area contributed by atoms with Crippen LogP contribution in [0.4, 0.5) is 0 Å². The number of hydrogen-bond acceptors (Lipinski definition) is 2. The van der Waals surface area contributed by atoms with E-state index in [1.165, 1.54) is 18.5 Å². The minimum atomic E-state index is 0.783. The zero-order chi connectivity index (χ0) is 10.1. The first-order valence-corrected chi connectivity index (χ1v) is 5.55. The van der Waals surface area contributed by atoms with Crippen molar-refractivity contribution in [3.8, 4) is 0 Å². The normalized spacial score (nSPS) is 21.2. The molecule has 78 valence electrons. The third-order valence-corrected chi connectivity index (χ3v) is 3.18. The van der Waals surface area contributed by atoms with Crippen molar-refractivity contribution in [1.82, 2.24) is 15.3 Å². The summed E-state index contributed by atoms with van der Waals surface area (Å²) in [5, 5.41) is 3.40. The van der Waals surface area contributed by atoms with Gasteiger partial charge in [-0.25, -0.2) is 0 Å². The van der Waals surface area contributed by atoms with Crippen molar-refractivity contribution in [2.24, 2.45) is 5.92 Å². The summed E-state index contributed by atoms with van der Waals surface area (Å²) in [5.74, 6) is 0.783. The first-order chi connectivity index (χ1) is 7.43. The summed E-state index contributed by atoms with van der Waals surface area (Å²) in [4.78, 5) is 7.71. The molecule has 0 aliphatic carbocycles. The van der Waals surface area contributed by atoms with Gasteiger partial charge in [-0.1, -0.05) is 0 Å². The Labute approximate surface area is 88.9 Å². The molecule has 2 aromatic heterocycles. The highest BCUT2D eigenvalue weighted by atomic mass is 14.9. The molecule has 1 unspecified atom stereocenters. The van der Waals surface area contributed by atoms with E-state index in [2.05, 4.69) is 27.5 Å². The molecule has 0 aromatic carbocycles. The molecule has 3 heterocycles. The Balaban J connectivity index is 1.90. The second-order valence-corrected chi connectivity index (χ2v) is 4.28. The smallest absolute Gasteiger partial charge is 0.0910 e. The predicted octanol–water partition coefficient (Wildman–Crippen LogP) is 1.71. The van der Waals surface area contributed by atoms with Crippen molar-refractivity contribution < 1.29 is 0 Å². The van der Waals surface area contributed by atoms with Gasteiger partial charge in [0.05, 0.1) is 11.0 Å². The number of aromatic amines is 1. The zero-order valence-corrected chi connectivity index (χ0v) is 8.66. The minimum Gasteiger partial charge on any atom is -0.360 e. The first-order valence-electron chi connectivity index (χ1n) is 5.55. The van der Waals surface area contributed by atoms with E-state index in [1.54, 1.807) is 0 Å². The van der Waals surface area contributed by atoms with E-state index in [4.69, 9.17) is 0 Å². The third kappa shape index (κ3) is 1.63. The molecule has 2 N–H and O–H groups in total. The number of aromatic nitrogens is 2. The number of H-pyrrole nitrogens is 1. The Kier molecular flexibility index (Phi) is 2.18. The summed E-state index contributed by atoms with van der Waals surface area (Å²) in [7, 11) is 0. The molecule has 1 aliphatic heterocycles. The van der Waals surface area contributed by atoms with E-state index in [1.807, 2.05) is 12.3 Å². The molecule has 0 bridgehead atoms. The Morgan fingerprint density at radius 1 is 1.47 bits per heavy atom. The van der Waals surface area contributed by atoms with Gasteiger partial charge in [0.1, 0.15) is 0 Å². The van der Waals surface area contributed by atoms with Gasteiger partial charge in [-0.15, -0.1) is 0 Å². The van der Waals surface area contributed by atoms with Crippen molar-refractivity contribution in [3.05, 3.63) is 30.1 Å². The zero-order valence-electron chi connectivity index (χ0n) is 8.66. The lowest BCUT2D eigenvalue weighted by Crippen LogP contribution is -2.10. The summed E-state index contributed by atoms with van der Waals surface area (Å²) in [6.45, 7) is 2.32. The van der Waals surface area contributed by atoms with Crippen molar-refractivity contribution in [3.63, 3.8) is 0 Å². The van der Waals surface area contributed by atoms with Crippen molar-refractivity contribution in [2.45, 2.75) is 12.8 Å². The number of hydrogen-bond donors (Lipinski definition) is 2. The van der Waals surface area contributed by atoms with E-state index in [0.29, 0.717) is 0 Å². The highest BCUT2D eigenvalue weighted by molar-refractivity contribution is 5.78. The van der Waals surface area contributed by atoms with E-state index >= 15 is 0 Å². The van der Waals surface area contributed by atoms with E-state index in [-0.39, 0.29) is 0 Å². The van der Waals surface area contributed by atoms with Crippen LogP contribution in [0.1, 0.15) is 12.0 Å². The van der Waals surface area contributed by atoms with Crippen LogP contribution in [0, 0.1) is 5.92 Å². The van der Waals surface area contributed by atoms with Gasteiger partial charge in [-0.2, -0.15) is 0 Å². The lowest BCUT2D eigenvalue weighted by molar-refractivity contribution is 0.582. The SMILES string of the molecule is c1cnc2c(CC3CCNC3)c[nH]c2c1. The molecule has 1 fully saturated rings. The summed E-state index contributed by atoms with van der Waals surface area (Å²) in [6.07, 6.45) is 6.41. The highest BCUT2D eigenvalue weighted by Gasteiger charge is 2.16. The summed E-state index contributed by atoms with van der Waals surface area (Å²) >= 11 is 0. The van der Waals surface area contributed by atoms with Gasteiger partial charge >= 0.3 is 0 Å². The Bertz CT molecular complexity index is 455. The third-order valence-electron chi connectivity index (χ3n) is 3.18. The lowest BCUT2D eigenvalue weighted by Gasteiger charge is -2.05. The van der Waals surface area contributed by atoms with Crippen LogP contribution >= 0.6 is 0 Å². The van der Waals surface area contributed by atoms with Gasteiger partial charge in [0.25, 0.3) is 0 Å². The molecule has 0 spiro atoms. The van der Waals surface area contributed by atoms with Crippen molar-refractivity contribution >= 4 is 11.0 Å². The Hall–Kier alpha value is -1.35. The standard InChI is InChI=1S/C12H15N3/c1-2-11-12(14-4-1)10(8-15-11)6-9-3-5-13-7-9/h1-2,4,8-9,13,15H,3,5-7H2. The molecule has 1 aliphatic rings. The maximum atomic E-state index is 4.43. The van der Waals surface area contributed by atoms with Crippen molar-refractivity contribution in [2.75, 3.05) is 13.1 Å². The van der Waals surface area contributed by atoms with Gasteiger partial charge in [-0.3, -0.25) is 4.98 Å². The molecule has 0 amide bonds. The number of nitrogens with zero attached hydrogens (tertiary/aromatic N) is 1. The van der Waals surface area contributed by atoms with Crippen LogP contribution in [0.2, 0.25) is 0 Å². The number of fused-ring (bicyclic) bond motifs is 1. The summed E-state index contributed by atoms with van der Waals surface area (Å²) in [5.41, 5.74) is 3.65. The largest absolute Gasteiger partial charge is 0.360 e. The molecular weight excluding hydrogens is 186 g/mol. The van der Waals surface area contributed by atoms with E-state index in [9.17, 15) is 0 Å². The van der Waals surface area contributed by atoms with Gasteiger partial charge < -0.3 is 10.3 Å². The maximum absolute atomic E-state index is 4.43. The van der Waals surface area contributed by atoms with E-state index in [0.717, 1.165) is 29.9 Å². The number of rotatable bonds is 2. The molecule has 1 saturated heterocycles. The fourth-order valence-corrected chi connectivity index (χ4v) is 2.37. The number of nitrogens with one attached hydrogen (secondary N) is 2. The highest BCUT2D eigenvalue weighted by Crippen LogP contribution is 2.21. The molecule has 3 rings (SSSR count). The fourth-order valence-electron chi connectivity index (χ4n) is 2.37. The lowest BCUT2D eigenvalue weighted by atomic mass is 10.00. The monoisotopic (exact) mass is 201 g/mol. The average Bonchev–Trinajstić information content (AvgIpc) is 2.89. The molecule has 3 heteroatoms. The molecule has 2 aromatic rings. The second kappa shape index (κ2) is 3.66. The van der Waals surface area contributed by atoms with Crippen LogP contribution in [0.3, 0.4) is 0 Å². The minimum absolute atomic E-state index is 0.783. The van der Waals surface area contributed by atoms with Crippen LogP contribution in [0.25, 0.3) is 11.0 Å². The molecule has 1 atom stereocenters. The van der Waals surface area contributed by atoms with Crippen LogP contribution in [0.15, 0.2) is 24.5 Å². The van der Waals surface area contributed by atoms with Crippen LogP contribution < -0.4 is 5.32 Å². The first kappa shape index (κ1) is 8.92. The van der Waals surface area contributed by atoms with Gasteiger partial charge in [0.15, 0.2) is 0 Å². The van der Waals surface area contributed by atoms with Gasteiger partial charge in [0, 0.05) is 12.4 Å². The van der Waals surface area contributed by atoms with Crippen molar-refractivity contribution in [1.29, 1.82) is 0 Å². The quantitative estimate of drug-likeness (QED) is 0.776. The van der Waals surface area contributed by atoms with Crippen LogP contribution in [-0.2, 0) is 6.42 Å². The molecular formula is C12H15N3. The Morgan fingerprint density at radius 3 is 3.33 bits per heavy atom. The molecule has 0 saturated carbocycles. The molecule has 3 nitrogen and oxygen atoms in total. The van der Waals surface area contributed by atoms with E-state index < -0.39 is 0 Å². The van der Waals surface area contributed by atoms with Gasteiger partial charge in [-0.05, 0) is 49.5 Å². The summed E-state index contributed by atoms with van der Waals surface area (Å²) < 4.78 is 0. The maximum Gasteiger partial charge on any atom is 0.0910 e. The number of pyridine rings is 1. The molecule has 15 heavy (non-hydrogen) atoms. The average molecular weight is 201 g/mol. The van der Waals surface area contributed by atoms with Crippen LogP contribution in [-0.4, -0.2) is 23.1 Å². The Morgan fingerprint density at radius 2 is 2.47 bits per heavy atom. The molecule has 0 radical (unpaired) electrons. The topological polar surface area (TPSA) is 40.7 Å².